The number of benzene rings is 1. The van der Waals surface area contributed by atoms with Crippen LogP contribution in [0.15, 0.2) is 47.1 Å². The van der Waals surface area contributed by atoms with Gasteiger partial charge in [0.2, 0.25) is 0 Å². The van der Waals surface area contributed by atoms with E-state index in [9.17, 15) is 26.7 Å². The summed E-state index contributed by atoms with van der Waals surface area (Å²) in [5, 5.41) is 2.42. The first kappa shape index (κ1) is 22.8. The van der Waals surface area contributed by atoms with Gasteiger partial charge in [-0.05, 0) is 36.4 Å². The van der Waals surface area contributed by atoms with E-state index < -0.39 is 24.4 Å². The molecule has 33 heavy (non-hydrogen) atoms. The molecule has 3 aromatic heterocycles. The van der Waals surface area contributed by atoms with Gasteiger partial charge in [0, 0.05) is 16.6 Å². The van der Waals surface area contributed by atoms with Crippen LogP contribution in [0.5, 0.6) is 5.75 Å². The summed E-state index contributed by atoms with van der Waals surface area (Å²) in [5.41, 5.74) is 5.01. The Balaban J connectivity index is 1.74. The highest BCUT2D eigenvalue weighted by molar-refractivity contribution is 7.21. The first-order chi connectivity index (χ1) is 15.5. The van der Waals surface area contributed by atoms with Gasteiger partial charge in [-0.2, -0.15) is 22.0 Å². The minimum absolute atomic E-state index is 0.0293. The van der Waals surface area contributed by atoms with Gasteiger partial charge < -0.3 is 20.2 Å². The number of fused-ring (bicyclic) bond motifs is 1. The summed E-state index contributed by atoms with van der Waals surface area (Å²) in [6, 6.07) is 7.32. The van der Waals surface area contributed by atoms with Crippen LogP contribution in [0.25, 0.3) is 21.5 Å². The number of alkyl halides is 5. The summed E-state index contributed by atoms with van der Waals surface area (Å²) in [6.07, 6.45) is -3.45. The minimum atomic E-state index is -4.74. The number of carbonyl (C=O) groups is 1. The molecule has 13 heteroatoms. The number of nitrogens with one attached hydrogen (secondary N) is 1. The predicted molar refractivity (Wildman–Crippen MR) is 113 cm³/mol. The molecule has 0 unspecified atom stereocenters. The number of hydrogen-bond acceptors (Lipinski definition) is 6. The zero-order valence-corrected chi connectivity index (χ0v) is 17.6. The molecule has 0 atom stereocenters. The van der Waals surface area contributed by atoms with Crippen LogP contribution in [0, 0.1) is 0 Å². The van der Waals surface area contributed by atoms with Crippen molar-refractivity contribution in [2.24, 2.45) is 0 Å². The van der Waals surface area contributed by atoms with Crippen molar-refractivity contribution < 1.29 is 35.9 Å². The number of rotatable bonds is 5. The van der Waals surface area contributed by atoms with Gasteiger partial charge in [0.05, 0.1) is 17.0 Å². The molecule has 0 saturated carbocycles. The number of ether oxygens (including phenoxy) is 1. The van der Waals surface area contributed by atoms with E-state index >= 15 is 0 Å². The molecule has 0 saturated heterocycles. The maximum atomic E-state index is 13.4. The number of nitrogens with zero attached hydrogens (tertiary/aromatic N) is 1. The quantitative estimate of drug-likeness (QED) is 0.297. The normalized spacial score (nSPS) is 11.8. The molecule has 3 heterocycles. The summed E-state index contributed by atoms with van der Waals surface area (Å²) in [4.78, 5) is 16.2. The minimum Gasteiger partial charge on any atom is -0.464 e. The van der Waals surface area contributed by atoms with E-state index in [-0.39, 0.29) is 48.6 Å². The zero-order chi connectivity index (χ0) is 23.9. The molecule has 0 radical (unpaired) electrons. The van der Waals surface area contributed by atoms with Gasteiger partial charge >= 0.3 is 12.8 Å². The van der Waals surface area contributed by atoms with Crippen molar-refractivity contribution >= 4 is 50.4 Å². The van der Waals surface area contributed by atoms with Crippen molar-refractivity contribution in [2.75, 3.05) is 11.1 Å². The first-order valence-electron chi connectivity index (χ1n) is 8.94. The Kier molecular flexibility index (Phi) is 5.89. The molecule has 3 N–H and O–H groups in total. The van der Waals surface area contributed by atoms with Crippen LogP contribution < -0.4 is 15.8 Å². The second kappa shape index (κ2) is 8.52. The molecule has 6 nitrogen and oxygen atoms in total. The number of pyridine rings is 1. The van der Waals surface area contributed by atoms with Gasteiger partial charge in [0.15, 0.2) is 0 Å². The molecular formula is C20H11ClF5N3O3S. The van der Waals surface area contributed by atoms with E-state index in [1.807, 2.05) is 0 Å². The Labute approximate surface area is 190 Å². The number of thiophene rings is 1. The highest BCUT2D eigenvalue weighted by Crippen LogP contribution is 2.42. The van der Waals surface area contributed by atoms with Gasteiger partial charge in [0.1, 0.15) is 26.9 Å². The largest absolute Gasteiger partial charge is 0.464 e. The van der Waals surface area contributed by atoms with Crippen LogP contribution >= 0.6 is 22.9 Å². The lowest BCUT2D eigenvalue weighted by molar-refractivity contribution is -0.140. The molecular weight excluding hydrogens is 493 g/mol. The topological polar surface area (TPSA) is 90.4 Å². The smallest absolute Gasteiger partial charge is 0.433 e. The average molecular weight is 504 g/mol. The molecule has 4 aromatic rings. The lowest BCUT2D eigenvalue weighted by Gasteiger charge is -2.09. The third-order valence-corrected chi connectivity index (χ3v) is 5.78. The van der Waals surface area contributed by atoms with Crippen LogP contribution in [-0.4, -0.2) is 17.5 Å². The van der Waals surface area contributed by atoms with Crippen LogP contribution in [0.2, 0.25) is 5.02 Å². The summed E-state index contributed by atoms with van der Waals surface area (Å²) >= 11 is 6.54. The molecule has 0 aliphatic heterocycles. The lowest BCUT2D eigenvalue weighted by atomic mass is 10.1. The molecule has 4 rings (SSSR count). The highest BCUT2D eigenvalue weighted by atomic mass is 35.5. The Morgan fingerprint density at radius 2 is 2.00 bits per heavy atom. The third-order valence-electron chi connectivity index (χ3n) is 4.39. The van der Waals surface area contributed by atoms with Crippen molar-refractivity contribution in [1.82, 2.24) is 4.98 Å². The van der Waals surface area contributed by atoms with Crippen LogP contribution in [-0.2, 0) is 6.18 Å². The number of nitrogen functional groups attached to an aromatic ring is 1. The van der Waals surface area contributed by atoms with Crippen molar-refractivity contribution in [1.29, 1.82) is 0 Å². The fourth-order valence-corrected chi connectivity index (χ4v) is 4.26. The van der Waals surface area contributed by atoms with Crippen molar-refractivity contribution in [2.45, 2.75) is 12.8 Å². The van der Waals surface area contributed by atoms with Crippen molar-refractivity contribution in [3.05, 3.63) is 58.3 Å². The van der Waals surface area contributed by atoms with E-state index in [2.05, 4.69) is 15.0 Å². The van der Waals surface area contributed by atoms with E-state index in [1.54, 1.807) is 0 Å². The SMILES string of the molecule is Nc1c(C(=O)Nc2ccc(OC(F)F)c(Cl)c2)sc2nc(C(F)(F)F)cc(-c3ccco3)c12. The molecule has 0 spiro atoms. The van der Waals surface area contributed by atoms with Gasteiger partial charge in [-0.3, -0.25) is 4.79 Å². The lowest BCUT2D eigenvalue weighted by Crippen LogP contribution is -2.12. The summed E-state index contributed by atoms with van der Waals surface area (Å²) in [6.45, 7) is -3.08. The summed E-state index contributed by atoms with van der Waals surface area (Å²) < 4.78 is 74.3. The van der Waals surface area contributed by atoms with Crippen molar-refractivity contribution in [3.8, 4) is 17.1 Å². The number of anilines is 2. The van der Waals surface area contributed by atoms with E-state index in [0.717, 1.165) is 12.1 Å². The number of hydrogen-bond donors (Lipinski definition) is 2. The Morgan fingerprint density at radius 1 is 1.24 bits per heavy atom. The summed E-state index contributed by atoms with van der Waals surface area (Å²) in [5.74, 6) is -0.934. The third kappa shape index (κ3) is 4.57. The van der Waals surface area contributed by atoms with Gasteiger partial charge in [-0.15, -0.1) is 11.3 Å². The molecule has 0 fully saturated rings. The van der Waals surface area contributed by atoms with Crippen LogP contribution in [0.1, 0.15) is 15.4 Å². The number of nitrogens with two attached hydrogens (primary N) is 1. The van der Waals surface area contributed by atoms with Crippen LogP contribution in [0.4, 0.5) is 33.3 Å². The maximum Gasteiger partial charge on any atom is 0.433 e. The van der Waals surface area contributed by atoms with Gasteiger partial charge in [-0.25, -0.2) is 4.98 Å². The highest BCUT2D eigenvalue weighted by Gasteiger charge is 2.35. The molecule has 1 amide bonds. The second-order valence-electron chi connectivity index (χ2n) is 6.53. The number of amides is 1. The monoisotopic (exact) mass is 503 g/mol. The Morgan fingerprint density at radius 3 is 2.61 bits per heavy atom. The first-order valence-corrected chi connectivity index (χ1v) is 10.1. The number of aromatic nitrogens is 1. The number of halogens is 6. The summed E-state index contributed by atoms with van der Waals surface area (Å²) in [7, 11) is 0. The maximum absolute atomic E-state index is 13.4. The number of furan rings is 1. The molecule has 0 aliphatic carbocycles. The van der Waals surface area contributed by atoms with Crippen LogP contribution in [0.3, 0.4) is 0 Å². The van der Waals surface area contributed by atoms with Gasteiger partial charge in [-0.1, -0.05) is 11.6 Å². The molecule has 172 valence electrons. The Bertz CT molecular complexity index is 1340. The fourth-order valence-electron chi connectivity index (χ4n) is 3.02. The van der Waals surface area contributed by atoms with Gasteiger partial charge in [0.25, 0.3) is 5.91 Å². The number of carbonyl (C=O) groups excluding carboxylic acids is 1. The predicted octanol–water partition coefficient (Wildman–Crippen LogP) is 6.66. The average Bonchev–Trinajstić information content (AvgIpc) is 3.37. The fraction of sp³-hybridized carbons (Fsp3) is 0.100. The van der Waals surface area contributed by atoms with Crippen molar-refractivity contribution in [3.63, 3.8) is 0 Å². The molecule has 0 aliphatic rings. The van der Waals surface area contributed by atoms with E-state index in [0.29, 0.717) is 11.3 Å². The van der Waals surface area contributed by atoms with E-state index in [1.165, 1.54) is 30.5 Å². The van der Waals surface area contributed by atoms with E-state index in [4.69, 9.17) is 21.8 Å². The molecule has 1 aromatic carbocycles. The standard InChI is InChI=1S/C20H11ClF5N3O3S/c21-10-6-8(3-4-12(10)32-19(22)23)28-17(30)16-15(27)14-9(11-2-1-5-31-11)7-13(20(24,25)26)29-18(14)33-16/h1-7,19H,27H2,(H,28,30). The zero-order valence-electron chi connectivity index (χ0n) is 16.0. The second-order valence-corrected chi connectivity index (χ2v) is 7.94. The Hall–Kier alpha value is -3.38. The molecule has 0 bridgehead atoms.